The summed E-state index contributed by atoms with van der Waals surface area (Å²) in [5.41, 5.74) is 1.69. The lowest BCUT2D eigenvalue weighted by atomic mass is 10.1. The van der Waals surface area contributed by atoms with Gasteiger partial charge in [0.1, 0.15) is 0 Å². The average Bonchev–Trinajstić information content (AvgIpc) is 2.10. The van der Waals surface area contributed by atoms with Crippen LogP contribution in [0.15, 0.2) is 18.2 Å². The molecule has 0 amide bonds. The maximum Gasteiger partial charge on any atom is 0.158 e. The summed E-state index contributed by atoms with van der Waals surface area (Å²) in [5, 5.41) is 18.8. The number of benzene rings is 1. The summed E-state index contributed by atoms with van der Waals surface area (Å²) in [6, 6.07) is 2.78. The Morgan fingerprint density at radius 1 is 1.31 bits per heavy atom. The fourth-order valence-electron chi connectivity index (χ4n) is 1.01. The smallest absolute Gasteiger partial charge is 0.158 e. The van der Waals surface area contributed by atoms with E-state index >= 15 is 0 Å². The number of hydrogen-bond donors (Lipinski definition) is 2. The number of aromatic hydroxyl groups is 2. The van der Waals surface area contributed by atoms with Crippen molar-refractivity contribution in [2.24, 2.45) is 0 Å². The normalized spacial score (nSPS) is 11.8. The molecule has 0 heterocycles. The highest BCUT2D eigenvalue weighted by molar-refractivity contribution is 6.32. The minimum absolute atomic E-state index is 0.152. The summed E-state index contributed by atoms with van der Waals surface area (Å²) >= 11 is 5.86. The predicted molar refractivity (Wildman–Crippen MR) is 54.1 cm³/mol. The molecule has 0 aliphatic heterocycles. The largest absolute Gasteiger partial charge is 0.504 e. The molecule has 2 N–H and O–H groups in total. The highest BCUT2D eigenvalue weighted by atomic mass is 35.5. The van der Waals surface area contributed by atoms with Gasteiger partial charge in [-0.1, -0.05) is 17.7 Å². The molecule has 0 unspecified atom stereocenters. The Morgan fingerprint density at radius 2 is 1.85 bits per heavy atom. The molecule has 0 spiro atoms. The fourth-order valence-corrected chi connectivity index (χ4v) is 1.32. The minimum atomic E-state index is -0.197. The van der Waals surface area contributed by atoms with Gasteiger partial charge in [0.15, 0.2) is 11.5 Å². The summed E-state index contributed by atoms with van der Waals surface area (Å²) in [6.45, 7) is 3.77. The summed E-state index contributed by atoms with van der Waals surface area (Å²) in [4.78, 5) is 0. The molecule has 2 nitrogen and oxygen atoms in total. The molecule has 0 aliphatic rings. The van der Waals surface area contributed by atoms with Gasteiger partial charge in [0.25, 0.3) is 0 Å². The molecular formula is C10H11ClO2. The third-order valence-electron chi connectivity index (χ3n) is 1.92. The van der Waals surface area contributed by atoms with Crippen molar-refractivity contribution < 1.29 is 10.2 Å². The van der Waals surface area contributed by atoms with Crippen LogP contribution in [0.5, 0.6) is 11.5 Å². The van der Waals surface area contributed by atoms with Crippen molar-refractivity contribution in [3.05, 3.63) is 28.8 Å². The van der Waals surface area contributed by atoms with Crippen LogP contribution in [-0.4, -0.2) is 10.2 Å². The summed E-state index contributed by atoms with van der Waals surface area (Å²) < 4.78 is 0. The van der Waals surface area contributed by atoms with Crippen LogP contribution in [0.1, 0.15) is 19.4 Å². The van der Waals surface area contributed by atoms with Crippen LogP contribution in [0.2, 0.25) is 5.02 Å². The zero-order chi connectivity index (χ0) is 10.0. The van der Waals surface area contributed by atoms with Gasteiger partial charge in [0.2, 0.25) is 0 Å². The average molecular weight is 199 g/mol. The maximum atomic E-state index is 9.23. The highest BCUT2D eigenvalue weighted by Gasteiger charge is 2.07. The molecule has 1 aromatic rings. The van der Waals surface area contributed by atoms with Crippen LogP contribution in [0, 0.1) is 0 Å². The molecule has 0 radical (unpaired) electrons. The van der Waals surface area contributed by atoms with Gasteiger partial charge in [-0.3, -0.25) is 0 Å². The molecule has 0 aliphatic carbocycles. The highest BCUT2D eigenvalue weighted by Crippen LogP contribution is 2.34. The first kappa shape index (κ1) is 9.93. The van der Waals surface area contributed by atoms with Crippen molar-refractivity contribution in [1.82, 2.24) is 0 Å². The van der Waals surface area contributed by atoms with Crippen molar-refractivity contribution in [1.29, 1.82) is 0 Å². The quantitative estimate of drug-likeness (QED) is 0.681. The summed E-state index contributed by atoms with van der Waals surface area (Å²) in [7, 11) is 0. The molecule has 3 heteroatoms. The van der Waals surface area contributed by atoms with E-state index < -0.39 is 0 Å². The first-order valence-corrected chi connectivity index (χ1v) is 4.28. The first-order valence-electron chi connectivity index (χ1n) is 3.91. The van der Waals surface area contributed by atoms with Crippen molar-refractivity contribution >= 4 is 17.2 Å². The monoisotopic (exact) mass is 198 g/mol. The van der Waals surface area contributed by atoms with Gasteiger partial charge in [-0.2, -0.15) is 0 Å². The van der Waals surface area contributed by atoms with Crippen LogP contribution in [0.25, 0.3) is 5.57 Å². The van der Waals surface area contributed by atoms with Crippen LogP contribution in [0.3, 0.4) is 0 Å². The predicted octanol–water partition coefficient (Wildman–Crippen LogP) is 3.17. The van der Waals surface area contributed by atoms with Crippen LogP contribution < -0.4 is 0 Å². The van der Waals surface area contributed by atoms with Gasteiger partial charge in [-0.15, -0.1) is 0 Å². The topological polar surface area (TPSA) is 40.5 Å². The van der Waals surface area contributed by atoms with Gasteiger partial charge in [0.05, 0.1) is 5.02 Å². The third-order valence-corrected chi connectivity index (χ3v) is 2.23. The molecule has 13 heavy (non-hydrogen) atoms. The second-order valence-corrected chi connectivity index (χ2v) is 3.20. The Morgan fingerprint density at radius 3 is 2.38 bits per heavy atom. The van der Waals surface area contributed by atoms with Crippen LogP contribution in [0.4, 0.5) is 0 Å². The lowest BCUT2D eigenvalue weighted by molar-refractivity contribution is 0.403. The van der Waals surface area contributed by atoms with E-state index in [2.05, 4.69) is 0 Å². The minimum Gasteiger partial charge on any atom is -0.504 e. The second-order valence-electron chi connectivity index (χ2n) is 2.79. The van der Waals surface area contributed by atoms with Crippen LogP contribution in [-0.2, 0) is 0 Å². The van der Waals surface area contributed by atoms with Crippen LogP contribution >= 0.6 is 11.6 Å². The zero-order valence-electron chi connectivity index (χ0n) is 7.50. The van der Waals surface area contributed by atoms with E-state index in [1.165, 1.54) is 12.1 Å². The Labute approximate surface area is 82.1 Å². The molecule has 70 valence electrons. The Kier molecular flexibility index (Phi) is 2.83. The molecule has 1 aromatic carbocycles. The van der Waals surface area contributed by atoms with E-state index in [9.17, 15) is 5.11 Å². The standard InChI is InChI=1S/C10H11ClO2/c1-3-6(2)7-4-9(12)10(13)5-8(7)11/h3-5,12-13H,1-2H3/b6-3+. The van der Waals surface area contributed by atoms with E-state index in [4.69, 9.17) is 16.7 Å². The van der Waals surface area contributed by atoms with Crippen molar-refractivity contribution in [3.63, 3.8) is 0 Å². The SMILES string of the molecule is C/C=C(\C)c1cc(O)c(O)cc1Cl. The zero-order valence-corrected chi connectivity index (χ0v) is 8.26. The van der Waals surface area contributed by atoms with Gasteiger partial charge in [-0.05, 0) is 31.1 Å². The fraction of sp³-hybridized carbons (Fsp3) is 0.200. The molecule has 0 atom stereocenters. The lowest BCUT2D eigenvalue weighted by Gasteiger charge is -2.06. The van der Waals surface area contributed by atoms with Gasteiger partial charge < -0.3 is 10.2 Å². The number of rotatable bonds is 1. The van der Waals surface area contributed by atoms with Crippen molar-refractivity contribution in [2.75, 3.05) is 0 Å². The Bertz CT molecular complexity index is 356. The molecule has 0 aromatic heterocycles. The number of halogens is 1. The van der Waals surface area contributed by atoms with E-state index in [1.54, 1.807) is 0 Å². The number of allylic oxidation sites excluding steroid dienone is 2. The van der Waals surface area contributed by atoms with E-state index in [1.807, 2.05) is 19.9 Å². The molecule has 0 bridgehead atoms. The first-order chi connectivity index (χ1) is 6.06. The van der Waals surface area contributed by atoms with Gasteiger partial charge in [0, 0.05) is 6.07 Å². The van der Waals surface area contributed by atoms with Crippen molar-refractivity contribution in [3.8, 4) is 11.5 Å². The summed E-state index contributed by atoms with van der Waals surface area (Å²) in [6.07, 6.45) is 1.89. The molecule has 0 saturated heterocycles. The molecule has 0 fully saturated rings. The van der Waals surface area contributed by atoms with Crippen molar-refractivity contribution in [2.45, 2.75) is 13.8 Å². The van der Waals surface area contributed by atoms with E-state index in [-0.39, 0.29) is 11.5 Å². The molecule has 1 rings (SSSR count). The summed E-state index contributed by atoms with van der Waals surface area (Å²) in [5.74, 6) is -0.349. The van der Waals surface area contributed by atoms with Gasteiger partial charge >= 0.3 is 0 Å². The number of phenols is 2. The molecule has 0 saturated carbocycles. The second kappa shape index (κ2) is 3.71. The molecular weight excluding hydrogens is 188 g/mol. The van der Waals surface area contributed by atoms with Gasteiger partial charge in [-0.25, -0.2) is 0 Å². The maximum absolute atomic E-state index is 9.23. The number of hydrogen-bond acceptors (Lipinski definition) is 2. The Hall–Kier alpha value is -1.15. The van der Waals surface area contributed by atoms with E-state index in [0.717, 1.165) is 11.1 Å². The third kappa shape index (κ3) is 1.95. The Balaban J connectivity index is 3.32. The number of phenolic OH excluding ortho intramolecular Hbond substituents is 2. The lowest BCUT2D eigenvalue weighted by Crippen LogP contribution is -1.81. The van der Waals surface area contributed by atoms with E-state index in [0.29, 0.717) is 5.02 Å².